The molecule has 1 rings (SSSR count). The van der Waals surface area contributed by atoms with Gasteiger partial charge in [-0.1, -0.05) is 24.3 Å². The van der Waals surface area contributed by atoms with Gasteiger partial charge in [0.2, 0.25) is 0 Å². The third kappa shape index (κ3) is 15.8. The Kier molecular flexibility index (Phi) is 13.7. The Morgan fingerprint density at radius 3 is 1.44 bits per heavy atom. The molecule has 0 bridgehead atoms. The Morgan fingerprint density at radius 2 is 1.31 bits per heavy atom. The molecule has 0 spiro atoms. The fourth-order valence-electron chi connectivity index (χ4n) is 1.16. The SMILES string of the molecule is C1=C\CC/C=C\CC/1.CC(=[OH+])/C=C(/C)O.[Ir]. The normalized spacial score (nSPS) is 19.0. The van der Waals surface area contributed by atoms with E-state index >= 15 is 0 Å². The second kappa shape index (κ2) is 12.4. The molecule has 0 atom stereocenters. The third-order valence-electron chi connectivity index (χ3n) is 1.75. The van der Waals surface area contributed by atoms with Gasteiger partial charge >= 0.3 is 5.78 Å². The number of aliphatic hydroxyl groups is 1. The van der Waals surface area contributed by atoms with Crippen molar-refractivity contribution in [2.24, 2.45) is 0 Å². The van der Waals surface area contributed by atoms with Crippen LogP contribution >= 0.6 is 0 Å². The minimum Gasteiger partial charge on any atom is -0.512 e. The van der Waals surface area contributed by atoms with Gasteiger partial charge in [0.05, 0.1) is 18.8 Å². The molecule has 0 aromatic carbocycles. The zero-order valence-electron chi connectivity index (χ0n) is 9.94. The fraction of sp³-hybridized carbons (Fsp3) is 0.462. The molecular formula is C13H21IrO2+. The summed E-state index contributed by atoms with van der Waals surface area (Å²) >= 11 is 0. The van der Waals surface area contributed by atoms with Crippen molar-refractivity contribution >= 4 is 5.78 Å². The van der Waals surface area contributed by atoms with Crippen molar-refractivity contribution < 1.29 is 30.0 Å². The number of aliphatic hydroxyl groups excluding tert-OH is 1. The van der Waals surface area contributed by atoms with Gasteiger partial charge in [-0.3, -0.25) is 4.79 Å². The molecule has 0 saturated carbocycles. The van der Waals surface area contributed by atoms with Crippen LogP contribution in [0.1, 0.15) is 39.5 Å². The van der Waals surface area contributed by atoms with Crippen LogP contribution in [0.5, 0.6) is 0 Å². The van der Waals surface area contributed by atoms with Crippen LogP contribution in [0.25, 0.3) is 0 Å². The molecule has 0 saturated heterocycles. The molecule has 16 heavy (non-hydrogen) atoms. The van der Waals surface area contributed by atoms with Gasteiger partial charge in [-0.2, -0.15) is 0 Å². The topological polar surface area (TPSA) is 41.6 Å². The molecule has 2 N–H and O–H groups in total. The van der Waals surface area contributed by atoms with E-state index < -0.39 is 0 Å². The van der Waals surface area contributed by atoms with E-state index in [4.69, 9.17) is 9.90 Å². The average molecular weight is 402 g/mol. The molecule has 0 aromatic heterocycles. The van der Waals surface area contributed by atoms with Gasteiger partial charge in [-0.25, -0.2) is 0 Å². The van der Waals surface area contributed by atoms with Gasteiger partial charge in [-0.15, -0.1) is 0 Å². The van der Waals surface area contributed by atoms with E-state index in [9.17, 15) is 0 Å². The van der Waals surface area contributed by atoms with Crippen LogP contribution in [0.2, 0.25) is 0 Å². The monoisotopic (exact) mass is 402 g/mol. The van der Waals surface area contributed by atoms with Crippen molar-refractivity contribution in [1.82, 2.24) is 0 Å². The molecule has 0 fully saturated rings. The zero-order valence-corrected chi connectivity index (χ0v) is 12.3. The number of allylic oxidation sites excluding steroid dienone is 6. The summed E-state index contributed by atoms with van der Waals surface area (Å²) in [6.45, 7) is 3.00. The van der Waals surface area contributed by atoms with Crippen molar-refractivity contribution in [2.75, 3.05) is 0 Å². The van der Waals surface area contributed by atoms with Gasteiger partial charge < -0.3 is 5.11 Å². The second-order valence-electron chi connectivity index (χ2n) is 3.52. The van der Waals surface area contributed by atoms with Crippen molar-refractivity contribution in [2.45, 2.75) is 39.5 Å². The van der Waals surface area contributed by atoms with E-state index in [0.717, 1.165) is 0 Å². The average Bonchev–Trinajstić information content (AvgIpc) is 1.99. The van der Waals surface area contributed by atoms with Gasteiger partial charge in [-0.05, 0) is 32.6 Å². The maximum absolute atomic E-state index is 8.40. The Hall–Kier alpha value is -0.661. The van der Waals surface area contributed by atoms with E-state index in [1.807, 2.05) is 0 Å². The minimum absolute atomic E-state index is 0. The molecule has 3 heteroatoms. The number of carbonyl (C=O) groups excluding carboxylic acids is 1. The van der Waals surface area contributed by atoms with Crippen LogP contribution in [0.15, 0.2) is 36.1 Å². The predicted octanol–water partition coefficient (Wildman–Crippen LogP) is 3.68. The molecule has 0 aliphatic heterocycles. The van der Waals surface area contributed by atoms with Crippen molar-refractivity contribution in [1.29, 1.82) is 0 Å². The van der Waals surface area contributed by atoms with E-state index in [2.05, 4.69) is 24.3 Å². The molecule has 0 amide bonds. The number of rotatable bonds is 1. The van der Waals surface area contributed by atoms with E-state index in [1.165, 1.54) is 45.6 Å². The number of hydrogen-bond donors (Lipinski definition) is 1. The second-order valence-corrected chi connectivity index (χ2v) is 3.52. The first-order chi connectivity index (χ1) is 7.13. The molecule has 0 heterocycles. The standard InChI is InChI=1S/C8H12.C5H8O2.Ir/c1-2-4-6-8-7-5-3-1;1-4(6)3-5(2)7;/h1-2,7-8H,3-6H2;3,6H,1-2H3;/p+1/b2-1-,8-7-;4-3-;. The largest absolute Gasteiger partial charge is 0.512 e. The third-order valence-corrected chi connectivity index (χ3v) is 1.75. The smallest absolute Gasteiger partial charge is 0.316 e. The predicted molar refractivity (Wildman–Crippen MR) is 65.8 cm³/mol. The molecule has 93 valence electrons. The molecule has 1 aliphatic rings. The maximum Gasteiger partial charge on any atom is 0.316 e. The van der Waals surface area contributed by atoms with Crippen LogP contribution in [0.3, 0.4) is 0 Å². The Balaban J connectivity index is 0. The van der Waals surface area contributed by atoms with E-state index in [-0.39, 0.29) is 31.6 Å². The summed E-state index contributed by atoms with van der Waals surface area (Å²) in [6.07, 6.45) is 15.3. The van der Waals surface area contributed by atoms with Gasteiger partial charge in [0, 0.05) is 20.1 Å². The number of hydrogen-bond acceptors (Lipinski definition) is 1. The van der Waals surface area contributed by atoms with Gasteiger partial charge in [0.15, 0.2) is 0 Å². The van der Waals surface area contributed by atoms with Gasteiger partial charge in [0.25, 0.3) is 0 Å². The Labute approximate surface area is 111 Å². The quantitative estimate of drug-likeness (QED) is 0.310. The van der Waals surface area contributed by atoms with Crippen LogP contribution in [-0.2, 0) is 20.1 Å². The first-order valence-corrected chi connectivity index (χ1v) is 5.32. The number of ketones is 1. The molecular weight excluding hydrogens is 380 g/mol. The Bertz CT molecular complexity index is 235. The van der Waals surface area contributed by atoms with Gasteiger partial charge in [0.1, 0.15) is 0 Å². The summed E-state index contributed by atoms with van der Waals surface area (Å²) in [6, 6.07) is 0. The zero-order chi connectivity index (χ0) is 11.5. The van der Waals surface area contributed by atoms with E-state index in [0.29, 0.717) is 0 Å². The molecule has 2 nitrogen and oxygen atoms in total. The Morgan fingerprint density at radius 1 is 1.00 bits per heavy atom. The first kappa shape index (κ1) is 17.7. The maximum atomic E-state index is 8.40. The summed E-state index contributed by atoms with van der Waals surface area (Å²) < 4.78 is 0. The molecule has 0 aromatic rings. The molecule has 1 radical (unpaired) electrons. The molecule has 1 aliphatic carbocycles. The van der Waals surface area contributed by atoms with Crippen molar-refractivity contribution in [3.05, 3.63) is 36.1 Å². The van der Waals surface area contributed by atoms with E-state index in [1.54, 1.807) is 0 Å². The van der Waals surface area contributed by atoms with Crippen LogP contribution in [0, 0.1) is 0 Å². The molecule has 0 unspecified atom stereocenters. The summed E-state index contributed by atoms with van der Waals surface area (Å²) in [7, 11) is 0. The summed E-state index contributed by atoms with van der Waals surface area (Å²) in [5.74, 6) is 0.250. The van der Waals surface area contributed by atoms with Crippen molar-refractivity contribution in [3.8, 4) is 0 Å². The minimum atomic E-state index is 0. The summed E-state index contributed by atoms with van der Waals surface area (Å²) in [5.41, 5.74) is 0. The summed E-state index contributed by atoms with van der Waals surface area (Å²) in [4.78, 5) is 8.40. The van der Waals surface area contributed by atoms with Crippen LogP contribution in [-0.4, -0.2) is 15.7 Å². The van der Waals surface area contributed by atoms with Crippen molar-refractivity contribution in [3.63, 3.8) is 0 Å². The van der Waals surface area contributed by atoms with Crippen LogP contribution in [0.4, 0.5) is 0 Å². The first-order valence-electron chi connectivity index (χ1n) is 5.32. The summed E-state index contributed by atoms with van der Waals surface area (Å²) in [5, 5.41) is 8.40. The fourth-order valence-corrected chi connectivity index (χ4v) is 1.16. The van der Waals surface area contributed by atoms with Crippen LogP contribution < -0.4 is 0 Å².